The first-order valence-electron chi connectivity index (χ1n) is 7.72. The van der Waals surface area contributed by atoms with Crippen LogP contribution in [0.15, 0.2) is 0 Å². The third-order valence-corrected chi connectivity index (χ3v) is 4.25. The van der Waals surface area contributed by atoms with Crippen molar-refractivity contribution in [2.75, 3.05) is 19.7 Å². The number of carbonyl (C=O) groups excluding carboxylic acids is 1. The van der Waals surface area contributed by atoms with Gasteiger partial charge in [0.05, 0.1) is 0 Å². The summed E-state index contributed by atoms with van der Waals surface area (Å²) in [5.41, 5.74) is 0. The first-order valence-corrected chi connectivity index (χ1v) is 7.72. The summed E-state index contributed by atoms with van der Waals surface area (Å²) in [7, 11) is 0. The topological polar surface area (TPSA) is 41.6 Å². The molecule has 3 atom stereocenters. The maximum atomic E-state index is 12.4. The summed E-state index contributed by atoms with van der Waals surface area (Å²) in [6.07, 6.45) is 4.28. The normalized spacial score (nSPS) is 27.1. The molecule has 3 unspecified atom stereocenters. The number of rotatable bonds is 5. The minimum atomic E-state index is -0.296. The summed E-state index contributed by atoms with van der Waals surface area (Å²) in [5.74, 6) is 0.790. The van der Waals surface area contributed by atoms with Crippen molar-refractivity contribution in [2.24, 2.45) is 5.92 Å². The molecule has 0 aromatic rings. The van der Waals surface area contributed by atoms with Gasteiger partial charge < -0.3 is 15.0 Å². The van der Waals surface area contributed by atoms with Crippen LogP contribution in [0.1, 0.15) is 46.5 Å². The van der Waals surface area contributed by atoms with Crippen LogP contribution in [-0.2, 0) is 9.53 Å². The van der Waals surface area contributed by atoms with Crippen molar-refractivity contribution in [3.63, 3.8) is 0 Å². The van der Waals surface area contributed by atoms with Gasteiger partial charge in [0.1, 0.15) is 6.10 Å². The highest BCUT2D eigenvalue weighted by molar-refractivity contribution is 5.85. The fourth-order valence-electron chi connectivity index (χ4n) is 2.95. The van der Waals surface area contributed by atoms with Crippen molar-refractivity contribution in [3.05, 3.63) is 0 Å². The zero-order chi connectivity index (χ0) is 13.8. The van der Waals surface area contributed by atoms with Crippen molar-refractivity contribution in [1.82, 2.24) is 10.2 Å². The van der Waals surface area contributed by atoms with Crippen LogP contribution in [0, 0.1) is 5.92 Å². The number of ether oxygens (including phenoxy) is 1. The molecular formula is C15H29ClN2O2. The van der Waals surface area contributed by atoms with Gasteiger partial charge in [-0.25, -0.2) is 0 Å². The van der Waals surface area contributed by atoms with Gasteiger partial charge >= 0.3 is 0 Å². The van der Waals surface area contributed by atoms with Gasteiger partial charge in [0.15, 0.2) is 0 Å². The van der Waals surface area contributed by atoms with Gasteiger partial charge in [0.25, 0.3) is 5.91 Å². The number of carbonyl (C=O) groups is 1. The second-order valence-electron chi connectivity index (χ2n) is 6.41. The Morgan fingerprint density at radius 1 is 1.25 bits per heavy atom. The zero-order valence-corrected chi connectivity index (χ0v) is 13.7. The predicted molar refractivity (Wildman–Crippen MR) is 83.3 cm³/mol. The molecule has 2 aliphatic rings. The summed E-state index contributed by atoms with van der Waals surface area (Å²) in [6, 6.07) is 1.12. The lowest BCUT2D eigenvalue weighted by molar-refractivity contribution is -0.143. The predicted octanol–water partition coefficient (Wildman–Crippen LogP) is 2.21. The Morgan fingerprint density at radius 2 is 1.95 bits per heavy atom. The number of halogens is 1. The molecule has 2 heterocycles. The van der Waals surface area contributed by atoms with E-state index in [1.54, 1.807) is 0 Å². The molecule has 0 saturated carbocycles. The van der Waals surface area contributed by atoms with Crippen molar-refractivity contribution in [2.45, 2.75) is 64.6 Å². The van der Waals surface area contributed by atoms with Crippen molar-refractivity contribution >= 4 is 18.3 Å². The van der Waals surface area contributed by atoms with Gasteiger partial charge in [-0.2, -0.15) is 0 Å². The molecule has 0 spiro atoms. The molecule has 4 nitrogen and oxygen atoms in total. The highest BCUT2D eigenvalue weighted by atomic mass is 35.5. The van der Waals surface area contributed by atoms with Crippen LogP contribution in [0.25, 0.3) is 0 Å². The molecule has 118 valence electrons. The lowest BCUT2D eigenvalue weighted by Crippen LogP contribution is -2.44. The van der Waals surface area contributed by atoms with Gasteiger partial charge in [-0.3, -0.25) is 4.79 Å². The average Bonchev–Trinajstić information content (AvgIpc) is 2.67. The fourth-order valence-corrected chi connectivity index (χ4v) is 2.95. The SMILES string of the molecule is CC(C)CCOC(C)C(=O)N1CCC2CCC(C1)N2.Cl. The molecule has 2 aliphatic heterocycles. The second kappa shape index (κ2) is 8.20. The van der Waals surface area contributed by atoms with Gasteiger partial charge in [-0.15, -0.1) is 12.4 Å². The Kier molecular flexibility index (Phi) is 7.27. The number of fused-ring (bicyclic) bond motifs is 2. The van der Waals surface area contributed by atoms with Gasteiger partial charge in [-0.05, 0) is 38.5 Å². The summed E-state index contributed by atoms with van der Waals surface area (Å²) in [5, 5.41) is 3.60. The average molecular weight is 305 g/mol. The van der Waals surface area contributed by atoms with Crippen LogP contribution in [0.4, 0.5) is 0 Å². The van der Waals surface area contributed by atoms with Crippen LogP contribution < -0.4 is 5.32 Å². The van der Waals surface area contributed by atoms with E-state index in [0.29, 0.717) is 24.6 Å². The summed E-state index contributed by atoms with van der Waals surface area (Å²) in [6.45, 7) is 8.65. The van der Waals surface area contributed by atoms with Gasteiger partial charge in [-0.1, -0.05) is 13.8 Å². The molecule has 0 radical (unpaired) electrons. The van der Waals surface area contributed by atoms with E-state index in [4.69, 9.17) is 4.74 Å². The van der Waals surface area contributed by atoms with E-state index in [-0.39, 0.29) is 24.4 Å². The number of likely N-dealkylation sites (tertiary alicyclic amines) is 1. The highest BCUT2D eigenvalue weighted by Crippen LogP contribution is 2.21. The zero-order valence-electron chi connectivity index (χ0n) is 12.9. The highest BCUT2D eigenvalue weighted by Gasteiger charge is 2.32. The quantitative estimate of drug-likeness (QED) is 0.847. The molecule has 1 amide bonds. The molecule has 2 fully saturated rings. The maximum Gasteiger partial charge on any atom is 0.251 e. The lowest BCUT2D eigenvalue weighted by atomic mass is 10.1. The van der Waals surface area contributed by atoms with Crippen LogP contribution in [0.5, 0.6) is 0 Å². The van der Waals surface area contributed by atoms with Crippen molar-refractivity contribution < 1.29 is 9.53 Å². The largest absolute Gasteiger partial charge is 0.369 e. The molecule has 5 heteroatoms. The van der Waals surface area contributed by atoms with E-state index >= 15 is 0 Å². The molecule has 2 rings (SSSR count). The molecular weight excluding hydrogens is 276 g/mol. The second-order valence-corrected chi connectivity index (χ2v) is 6.41. The summed E-state index contributed by atoms with van der Waals surface area (Å²) >= 11 is 0. The number of nitrogens with zero attached hydrogens (tertiary/aromatic N) is 1. The molecule has 0 aromatic heterocycles. The third kappa shape index (κ3) is 4.90. The number of amides is 1. The third-order valence-electron chi connectivity index (χ3n) is 4.25. The molecule has 1 N–H and O–H groups in total. The minimum absolute atomic E-state index is 0. The summed E-state index contributed by atoms with van der Waals surface area (Å²) in [4.78, 5) is 14.4. The van der Waals surface area contributed by atoms with Crippen LogP contribution >= 0.6 is 12.4 Å². The van der Waals surface area contributed by atoms with E-state index in [0.717, 1.165) is 25.9 Å². The number of hydrogen-bond acceptors (Lipinski definition) is 3. The van der Waals surface area contributed by atoms with E-state index in [2.05, 4.69) is 19.2 Å². The first kappa shape index (κ1) is 17.7. The van der Waals surface area contributed by atoms with E-state index < -0.39 is 0 Å². The first-order chi connectivity index (χ1) is 9.06. The molecule has 2 saturated heterocycles. The van der Waals surface area contributed by atoms with E-state index in [1.165, 1.54) is 12.8 Å². The van der Waals surface area contributed by atoms with Crippen LogP contribution in [0.2, 0.25) is 0 Å². The molecule has 2 bridgehead atoms. The van der Waals surface area contributed by atoms with Crippen molar-refractivity contribution in [1.29, 1.82) is 0 Å². The van der Waals surface area contributed by atoms with Crippen LogP contribution in [-0.4, -0.2) is 48.7 Å². The smallest absolute Gasteiger partial charge is 0.251 e. The number of hydrogen-bond donors (Lipinski definition) is 1. The molecule has 20 heavy (non-hydrogen) atoms. The Bertz CT molecular complexity index is 312. The fraction of sp³-hybridized carbons (Fsp3) is 0.933. The van der Waals surface area contributed by atoms with Crippen LogP contribution in [0.3, 0.4) is 0 Å². The van der Waals surface area contributed by atoms with E-state index in [1.807, 2.05) is 11.8 Å². The minimum Gasteiger partial charge on any atom is -0.369 e. The Hall–Kier alpha value is -0.320. The maximum absolute atomic E-state index is 12.4. The standard InChI is InChI=1S/C15H28N2O2.ClH/c1-11(2)7-9-19-12(3)15(18)17-8-6-13-4-5-14(10-17)16-13;/h11-14,16H,4-10H2,1-3H3;1H. The monoisotopic (exact) mass is 304 g/mol. The van der Waals surface area contributed by atoms with Gasteiger partial charge in [0.2, 0.25) is 0 Å². The Labute approximate surface area is 129 Å². The Balaban J connectivity index is 0.00000200. The van der Waals surface area contributed by atoms with E-state index in [9.17, 15) is 4.79 Å². The molecule has 0 aliphatic carbocycles. The molecule has 0 aromatic carbocycles. The Morgan fingerprint density at radius 3 is 2.65 bits per heavy atom. The lowest BCUT2D eigenvalue weighted by Gasteiger charge is -2.27. The van der Waals surface area contributed by atoms with Crippen molar-refractivity contribution in [3.8, 4) is 0 Å². The van der Waals surface area contributed by atoms with Gasteiger partial charge in [0, 0.05) is 31.8 Å². The summed E-state index contributed by atoms with van der Waals surface area (Å²) < 4.78 is 5.68. The number of nitrogens with one attached hydrogen (secondary N) is 1.